The molecule has 0 unspecified atom stereocenters. The molecule has 3 rings (SSSR count). The first kappa shape index (κ1) is 17.7. The molecule has 2 aromatic rings. The smallest absolute Gasteiger partial charge is 0.229 e. The number of nitrogens with zero attached hydrogens (tertiary/aromatic N) is 2. The fourth-order valence-corrected chi connectivity index (χ4v) is 3.92. The van der Waals surface area contributed by atoms with Crippen molar-refractivity contribution in [3.05, 3.63) is 18.2 Å². The van der Waals surface area contributed by atoms with Crippen molar-refractivity contribution in [2.45, 2.75) is 26.7 Å². The Labute approximate surface area is 151 Å². The minimum atomic E-state index is -0.0715. The minimum absolute atomic E-state index is 0.00474. The lowest BCUT2D eigenvalue weighted by Crippen LogP contribution is -2.43. The highest BCUT2D eigenvalue weighted by Crippen LogP contribution is 2.30. The Morgan fingerprint density at radius 2 is 2.04 bits per heavy atom. The van der Waals surface area contributed by atoms with E-state index in [-0.39, 0.29) is 23.7 Å². The van der Waals surface area contributed by atoms with Crippen molar-refractivity contribution in [3.63, 3.8) is 0 Å². The van der Waals surface area contributed by atoms with E-state index in [4.69, 9.17) is 4.74 Å². The summed E-state index contributed by atoms with van der Waals surface area (Å²) in [4.78, 5) is 30.8. The number of thiazole rings is 1. The van der Waals surface area contributed by atoms with Crippen LogP contribution in [0.3, 0.4) is 0 Å². The number of ether oxygens (including phenoxy) is 1. The molecular weight excluding hydrogens is 338 g/mol. The zero-order chi connectivity index (χ0) is 18.0. The maximum absolute atomic E-state index is 12.5. The van der Waals surface area contributed by atoms with Gasteiger partial charge in [0.15, 0.2) is 5.13 Å². The molecule has 0 bridgehead atoms. The van der Waals surface area contributed by atoms with Crippen LogP contribution in [0.4, 0.5) is 5.13 Å². The molecule has 1 aliphatic rings. The lowest BCUT2D eigenvalue weighted by atomic mass is 9.95. The lowest BCUT2D eigenvalue weighted by molar-refractivity contribution is -0.137. The van der Waals surface area contributed by atoms with Gasteiger partial charge in [-0.15, -0.1) is 0 Å². The van der Waals surface area contributed by atoms with Crippen LogP contribution in [-0.4, -0.2) is 41.9 Å². The van der Waals surface area contributed by atoms with Gasteiger partial charge in [0.25, 0.3) is 0 Å². The number of likely N-dealkylation sites (tertiary alicyclic amines) is 1. The average molecular weight is 361 g/mol. The largest absolute Gasteiger partial charge is 0.497 e. The van der Waals surface area contributed by atoms with Crippen molar-refractivity contribution in [2.75, 3.05) is 25.5 Å². The monoisotopic (exact) mass is 361 g/mol. The quantitative estimate of drug-likeness (QED) is 0.908. The predicted octanol–water partition coefficient (Wildman–Crippen LogP) is 3.14. The topological polar surface area (TPSA) is 71.5 Å². The van der Waals surface area contributed by atoms with Gasteiger partial charge in [-0.25, -0.2) is 4.98 Å². The number of carbonyl (C=O) groups is 2. The van der Waals surface area contributed by atoms with Crippen LogP contribution in [0.1, 0.15) is 26.7 Å². The van der Waals surface area contributed by atoms with E-state index in [2.05, 4.69) is 10.3 Å². The normalized spacial score (nSPS) is 15.6. The number of anilines is 1. The summed E-state index contributed by atoms with van der Waals surface area (Å²) < 4.78 is 6.19. The first-order chi connectivity index (χ1) is 12.0. The minimum Gasteiger partial charge on any atom is -0.497 e. The molecule has 0 aliphatic carbocycles. The Morgan fingerprint density at radius 1 is 1.32 bits per heavy atom. The predicted molar refractivity (Wildman–Crippen MR) is 98.9 cm³/mol. The molecule has 0 radical (unpaired) electrons. The van der Waals surface area contributed by atoms with E-state index in [1.165, 1.54) is 11.3 Å². The van der Waals surface area contributed by atoms with E-state index in [0.717, 1.165) is 16.0 Å². The summed E-state index contributed by atoms with van der Waals surface area (Å²) in [6, 6.07) is 5.66. The molecule has 1 N–H and O–H groups in total. The van der Waals surface area contributed by atoms with Gasteiger partial charge >= 0.3 is 0 Å². The van der Waals surface area contributed by atoms with Crippen LogP contribution < -0.4 is 10.1 Å². The van der Waals surface area contributed by atoms with E-state index < -0.39 is 0 Å². The second-order valence-corrected chi connectivity index (χ2v) is 7.63. The molecule has 0 spiro atoms. The zero-order valence-corrected chi connectivity index (χ0v) is 15.6. The molecule has 2 amide bonds. The standard InChI is InChI=1S/C18H23N3O3S/c1-11(2)17(23)21-8-6-12(7-9-21)16(22)20-18-19-14-5-4-13(24-3)10-15(14)25-18/h4-5,10-12H,6-9H2,1-3H3,(H,19,20,22). The Bertz CT molecular complexity index is 779. The first-order valence-electron chi connectivity index (χ1n) is 8.52. The molecule has 1 aromatic heterocycles. The summed E-state index contributed by atoms with van der Waals surface area (Å²) in [5.41, 5.74) is 0.846. The molecule has 1 aromatic carbocycles. The van der Waals surface area contributed by atoms with Gasteiger partial charge in [0.1, 0.15) is 5.75 Å². The van der Waals surface area contributed by atoms with E-state index in [1.54, 1.807) is 7.11 Å². The summed E-state index contributed by atoms with van der Waals surface area (Å²) >= 11 is 1.44. The number of methoxy groups -OCH3 is 1. The van der Waals surface area contributed by atoms with E-state index in [9.17, 15) is 9.59 Å². The lowest BCUT2D eigenvalue weighted by Gasteiger charge is -2.32. The number of hydrogen-bond donors (Lipinski definition) is 1. The Balaban J connectivity index is 1.60. The molecule has 2 heterocycles. The van der Waals surface area contributed by atoms with Crippen LogP contribution in [0.2, 0.25) is 0 Å². The number of rotatable bonds is 4. The van der Waals surface area contributed by atoms with Gasteiger partial charge in [-0.05, 0) is 31.0 Å². The fraction of sp³-hybridized carbons (Fsp3) is 0.500. The fourth-order valence-electron chi connectivity index (χ4n) is 3.02. The molecule has 1 saturated heterocycles. The summed E-state index contributed by atoms with van der Waals surface area (Å²) in [5.74, 6) is 0.862. The van der Waals surface area contributed by atoms with Crippen molar-refractivity contribution in [1.29, 1.82) is 0 Å². The average Bonchev–Trinajstić information content (AvgIpc) is 3.02. The van der Waals surface area contributed by atoms with Crippen LogP contribution in [0, 0.1) is 11.8 Å². The second kappa shape index (κ2) is 7.39. The summed E-state index contributed by atoms with van der Waals surface area (Å²) in [6.45, 7) is 5.10. The number of carbonyl (C=O) groups excluding carboxylic acids is 2. The van der Waals surface area contributed by atoms with Crippen LogP contribution in [0.15, 0.2) is 18.2 Å². The van der Waals surface area contributed by atoms with Gasteiger partial charge in [0.05, 0.1) is 17.3 Å². The van der Waals surface area contributed by atoms with Crippen molar-refractivity contribution < 1.29 is 14.3 Å². The van der Waals surface area contributed by atoms with Crippen molar-refractivity contribution in [1.82, 2.24) is 9.88 Å². The highest BCUT2D eigenvalue weighted by molar-refractivity contribution is 7.22. The maximum Gasteiger partial charge on any atom is 0.229 e. The first-order valence-corrected chi connectivity index (χ1v) is 9.34. The van der Waals surface area contributed by atoms with Gasteiger partial charge in [-0.2, -0.15) is 0 Å². The van der Waals surface area contributed by atoms with E-state index in [1.807, 2.05) is 36.9 Å². The molecule has 0 atom stereocenters. The number of nitrogens with one attached hydrogen (secondary N) is 1. The third-order valence-electron chi connectivity index (χ3n) is 4.50. The van der Waals surface area contributed by atoms with E-state index in [0.29, 0.717) is 31.1 Å². The Kier molecular flexibility index (Phi) is 5.22. The van der Waals surface area contributed by atoms with Gasteiger partial charge < -0.3 is 15.0 Å². The summed E-state index contributed by atoms with van der Waals surface area (Å²) in [5, 5.41) is 3.54. The highest BCUT2D eigenvalue weighted by Gasteiger charge is 2.28. The number of aromatic nitrogens is 1. The van der Waals surface area contributed by atoms with Gasteiger partial charge in [0, 0.05) is 24.9 Å². The molecule has 134 valence electrons. The van der Waals surface area contributed by atoms with E-state index >= 15 is 0 Å². The van der Waals surface area contributed by atoms with Crippen LogP contribution >= 0.6 is 11.3 Å². The Morgan fingerprint density at radius 3 is 2.68 bits per heavy atom. The van der Waals surface area contributed by atoms with Gasteiger partial charge in [0.2, 0.25) is 11.8 Å². The van der Waals surface area contributed by atoms with Gasteiger partial charge in [-0.1, -0.05) is 25.2 Å². The van der Waals surface area contributed by atoms with Crippen molar-refractivity contribution in [2.24, 2.45) is 11.8 Å². The van der Waals surface area contributed by atoms with Crippen molar-refractivity contribution >= 4 is 38.5 Å². The molecule has 1 fully saturated rings. The summed E-state index contributed by atoms with van der Waals surface area (Å²) in [6.07, 6.45) is 1.39. The molecule has 0 saturated carbocycles. The van der Waals surface area contributed by atoms with Crippen LogP contribution in [0.5, 0.6) is 5.75 Å². The van der Waals surface area contributed by atoms with Crippen LogP contribution in [0.25, 0.3) is 10.2 Å². The second-order valence-electron chi connectivity index (χ2n) is 6.60. The zero-order valence-electron chi connectivity index (χ0n) is 14.7. The highest BCUT2D eigenvalue weighted by atomic mass is 32.1. The molecular formula is C18H23N3O3S. The Hall–Kier alpha value is -2.15. The molecule has 6 nitrogen and oxygen atoms in total. The number of amides is 2. The number of fused-ring (bicyclic) bond motifs is 1. The van der Waals surface area contributed by atoms with Crippen LogP contribution in [-0.2, 0) is 9.59 Å². The number of hydrogen-bond acceptors (Lipinski definition) is 5. The number of piperidine rings is 1. The van der Waals surface area contributed by atoms with Gasteiger partial charge in [-0.3, -0.25) is 9.59 Å². The molecule has 25 heavy (non-hydrogen) atoms. The third kappa shape index (κ3) is 3.92. The number of benzene rings is 1. The summed E-state index contributed by atoms with van der Waals surface area (Å²) in [7, 11) is 1.63. The third-order valence-corrected chi connectivity index (χ3v) is 5.43. The molecule has 1 aliphatic heterocycles. The van der Waals surface area contributed by atoms with Crippen molar-refractivity contribution in [3.8, 4) is 5.75 Å². The SMILES string of the molecule is COc1ccc2nc(NC(=O)C3CCN(C(=O)C(C)C)CC3)sc2c1. The maximum atomic E-state index is 12.5. The molecule has 7 heteroatoms.